The second-order valence-corrected chi connectivity index (χ2v) is 3.50. The molecule has 0 aromatic heterocycles. The number of rotatable bonds is 8. The van der Waals surface area contributed by atoms with Crippen molar-refractivity contribution < 1.29 is 4.74 Å². The first-order chi connectivity index (χ1) is 6.20. The zero-order chi connectivity index (χ0) is 10.1. The van der Waals surface area contributed by atoms with Crippen molar-refractivity contribution >= 4 is 0 Å². The molecule has 0 aliphatic carbocycles. The highest BCUT2D eigenvalue weighted by Gasteiger charge is 2.01. The molecule has 0 unspecified atom stereocenters. The van der Waals surface area contributed by atoms with Crippen molar-refractivity contribution in [1.82, 2.24) is 4.90 Å². The molecular weight excluding hydrogens is 164 g/mol. The molecule has 0 amide bonds. The van der Waals surface area contributed by atoms with Crippen LogP contribution in [0.25, 0.3) is 0 Å². The van der Waals surface area contributed by atoms with Crippen LogP contribution in [0.3, 0.4) is 0 Å². The van der Waals surface area contributed by atoms with Crippen molar-refractivity contribution in [2.24, 2.45) is 5.73 Å². The SMILES string of the molecule is CCN(CCCN)CCOC(C)C. The summed E-state index contributed by atoms with van der Waals surface area (Å²) in [6.07, 6.45) is 1.42. The fourth-order valence-electron chi connectivity index (χ4n) is 1.16. The maximum Gasteiger partial charge on any atom is 0.0596 e. The van der Waals surface area contributed by atoms with Gasteiger partial charge in [-0.3, -0.25) is 0 Å². The molecule has 0 bridgehead atoms. The third kappa shape index (κ3) is 8.22. The molecule has 2 N–H and O–H groups in total. The monoisotopic (exact) mass is 188 g/mol. The highest BCUT2D eigenvalue weighted by atomic mass is 16.5. The molecule has 0 rings (SSSR count). The first-order valence-corrected chi connectivity index (χ1v) is 5.24. The molecule has 0 aliphatic rings. The van der Waals surface area contributed by atoms with E-state index in [1.807, 2.05) is 0 Å². The van der Waals surface area contributed by atoms with Crippen LogP contribution in [0, 0.1) is 0 Å². The highest BCUT2D eigenvalue weighted by Crippen LogP contribution is 1.93. The maximum absolute atomic E-state index is 5.48. The number of nitrogens with zero attached hydrogens (tertiary/aromatic N) is 1. The highest BCUT2D eigenvalue weighted by molar-refractivity contribution is 4.55. The standard InChI is InChI=1S/C10H24N2O/c1-4-12(7-5-6-11)8-9-13-10(2)3/h10H,4-9,11H2,1-3H3. The Morgan fingerprint density at radius 2 is 2.00 bits per heavy atom. The van der Waals surface area contributed by atoms with Crippen molar-refractivity contribution in [2.75, 3.05) is 32.8 Å². The first-order valence-electron chi connectivity index (χ1n) is 5.24. The molecule has 0 aliphatic heterocycles. The van der Waals surface area contributed by atoms with Gasteiger partial charge in [-0.25, -0.2) is 0 Å². The van der Waals surface area contributed by atoms with E-state index in [0.29, 0.717) is 6.10 Å². The second-order valence-electron chi connectivity index (χ2n) is 3.50. The third-order valence-electron chi connectivity index (χ3n) is 1.98. The average molecular weight is 188 g/mol. The summed E-state index contributed by atoms with van der Waals surface area (Å²) in [6, 6.07) is 0. The first kappa shape index (κ1) is 12.9. The van der Waals surface area contributed by atoms with E-state index >= 15 is 0 Å². The van der Waals surface area contributed by atoms with Crippen LogP contribution in [-0.4, -0.2) is 43.8 Å². The quantitative estimate of drug-likeness (QED) is 0.619. The van der Waals surface area contributed by atoms with Crippen LogP contribution in [-0.2, 0) is 4.74 Å². The van der Waals surface area contributed by atoms with Gasteiger partial charge >= 0.3 is 0 Å². The summed E-state index contributed by atoms with van der Waals surface area (Å²) >= 11 is 0. The fraction of sp³-hybridized carbons (Fsp3) is 1.00. The van der Waals surface area contributed by atoms with Gasteiger partial charge in [0.15, 0.2) is 0 Å². The molecule has 0 saturated heterocycles. The third-order valence-corrected chi connectivity index (χ3v) is 1.98. The average Bonchev–Trinajstić information content (AvgIpc) is 2.10. The van der Waals surface area contributed by atoms with Crippen LogP contribution in [0.1, 0.15) is 27.2 Å². The molecule has 3 heteroatoms. The van der Waals surface area contributed by atoms with Gasteiger partial charge in [0.05, 0.1) is 12.7 Å². The molecule has 0 radical (unpaired) electrons. The topological polar surface area (TPSA) is 38.5 Å². The summed E-state index contributed by atoms with van der Waals surface area (Å²) in [6.45, 7) is 11.1. The summed E-state index contributed by atoms with van der Waals surface area (Å²) in [7, 11) is 0. The van der Waals surface area contributed by atoms with Crippen LogP contribution in [0.5, 0.6) is 0 Å². The fourth-order valence-corrected chi connectivity index (χ4v) is 1.16. The van der Waals surface area contributed by atoms with Crippen LogP contribution < -0.4 is 5.73 Å². The van der Waals surface area contributed by atoms with E-state index in [1.165, 1.54) is 0 Å². The number of likely N-dealkylation sites (N-methyl/N-ethyl adjacent to an activating group) is 1. The van der Waals surface area contributed by atoms with Gasteiger partial charge in [0.25, 0.3) is 0 Å². The van der Waals surface area contributed by atoms with Crippen molar-refractivity contribution in [2.45, 2.75) is 33.3 Å². The number of nitrogens with two attached hydrogens (primary N) is 1. The summed E-state index contributed by atoms with van der Waals surface area (Å²) in [5, 5.41) is 0. The lowest BCUT2D eigenvalue weighted by molar-refractivity contribution is 0.0599. The lowest BCUT2D eigenvalue weighted by Crippen LogP contribution is -2.30. The predicted octanol–water partition coefficient (Wildman–Crippen LogP) is 1.08. The summed E-state index contributed by atoms with van der Waals surface area (Å²) in [5.74, 6) is 0. The largest absolute Gasteiger partial charge is 0.377 e. The van der Waals surface area contributed by atoms with Crippen LogP contribution in [0.4, 0.5) is 0 Å². The van der Waals surface area contributed by atoms with Crippen LogP contribution >= 0.6 is 0 Å². The molecule has 3 nitrogen and oxygen atoms in total. The van der Waals surface area contributed by atoms with Gasteiger partial charge in [-0.05, 0) is 39.9 Å². The molecule has 13 heavy (non-hydrogen) atoms. The zero-order valence-corrected chi connectivity index (χ0v) is 9.25. The predicted molar refractivity (Wildman–Crippen MR) is 56.9 cm³/mol. The van der Waals surface area contributed by atoms with Gasteiger partial charge in [0, 0.05) is 6.54 Å². The Morgan fingerprint density at radius 3 is 2.46 bits per heavy atom. The Kier molecular flexibility index (Phi) is 8.40. The minimum atomic E-state index is 0.341. The Bertz CT molecular complexity index is 107. The van der Waals surface area contributed by atoms with Crippen LogP contribution in [0.15, 0.2) is 0 Å². The minimum absolute atomic E-state index is 0.341. The smallest absolute Gasteiger partial charge is 0.0596 e. The lowest BCUT2D eigenvalue weighted by atomic mass is 10.3. The van der Waals surface area contributed by atoms with Crippen molar-refractivity contribution in [3.05, 3.63) is 0 Å². The van der Waals surface area contributed by atoms with E-state index < -0.39 is 0 Å². The number of hydrogen-bond donors (Lipinski definition) is 1. The summed E-state index contributed by atoms with van der Waals surface area (Å²) in [5.41, 5.74) is 5.45. The number of hydrogen-bond acceptors (Lipinski definition) is 3. The molecule has 0 aromatic carbocycles. The second kappa shape index (κ2) is 8.48. The van der Waals surface area contributed by atoms with Crippen LogP contribution in [0.2, 0.25) is 0 Å². The van der Waals surface area contributed by atoms with Gasteiger partial charge in [-0.2, -0.15) is 0 Å². The lowest BCUT2D eigenvalue weighted by Gasteiger charge is -2.20. The molecule has 80 valence electrons. The molecule has 0 saturated carbocycles. The van der Waals surface area contributed by atoms with Gasteiger partial charge < -0.3 is 15.4 Å². The summed E-state index contributed by atoms with van der Waals surface area (Å²) < 4.78 is 5.48. The van der Waals surface area contributed by atoms with Crippen molar-refractivity contribution in [3.63, 3.8) is 0 Å². The van der Waals surface area contributed by atoms with E-state index in [-0.39, 0.29) is 0 Å². The minimum Gasteiger partial charge on any atom is -0.377 e. The summed E-state index contributed by atoms with van der Waals surface area (Å²) in [4.78, 5) is 2.37. The van der Waals surface area contributed by atoms with Crippen molar-refractivity contribution in [3.8, 4) is 0 Å². The molecule has 0 fully saturated rings. The Labute approximate surface area is 82.2 Å². The van der Waals surface area contributed by atoms with Gasteiger partial charge in [-0.15, -0.1) is 0 Å². The Hall–Kier alpha value is -0.120. The Balaban J connectivity index is 3.36. The van der Waals surface area contributed by atoms with Crippen molar-refractivity contribution in [1.29, 1.82) is 0 Å². The molecular formula is C10H24N2O. The van der Waals surface area contributed by atoms with Gasteiger partial charge in [0.2, 0.25) is 0 Å². The normalized spacial score (nSPS) is 11.5. The van der Waals surface area contributed by atoms with E-state index in [2.05, 4.69) is 25.7 Å². The molecule has 0 atom stereocenters. The van der Waals surface area contributed by atoms with E-state index in [1.54, 1.807) is 0 Å². The van der Waals surface area contributed by atoms with E-state index in [9.17, 15) is 0 Å². The zero-order valence-electron chi connectivity index (χ0n) is 9.25. The van der Waals surface area contributed by atoms with E-state index in [0.717, 1.165) is 39.2 Å². The molecule has 0 heterocycles. The molecule has 0 spiro atoms. The van der Waals surface area contributed by atoms with E-state index in [4.69, 9.17) is 10.5 Å². The van der Waals surface area contributed by atoms with Gasteiger partial charge in [0.1, 0.15) is 0 Å². The van der Waals surface area contributed by atoms with Gasteiger partial charge in [-0.1, -0.05) is 6.92 Å². The Morgan fingerprint density at radius 1 is 1.31 bits per heavy atom. The molecule has 0 aromatic rings. The number of ether oxygens (including phenoxy) is 1. The maximum atomic E-state index is 5.48.